The second-order valence-electron chi connectivity index (χ2n) is 9.22. The number of benzene rings is 2. The molecule has 178 valence electrons. The molecule has 2 unspecified atom stereocenters. The van der Waals surface area contributed by atoms with Gasteiger partial charge >= 0.3 is 12.1 Å². The number of carbonyl (C=O) groups is 3. The summed E-state index contributed by atoms with van der Waals surface area (Å²) in [4.78, 5) is 39.1. The van der Waals surface area contributed by atoms with Crippen molar-refractivity contribution in [2.75, 3.05) is 18.9 Å². The van der Waals surface area contributed by atoms with Crippen molar-refractivity contribution in [2.45, 2.75) is 43.5 Å². The first-order valence-electron chi connectivity index (χ1n) is 11.7. The smallest absolute Gasteiger partial charge is 0.407 e. The van der Waals surface area contributed by atoms with Gasteiger partial charge in [0.1, 0.15) is 12.6 Å². The lowest BCUT2D eigenvalue weighted by molar-refractivity contribution is -0.151. The van der Waals surface area contributed by atoms with Crippen LogP contribution in [0.5, 0.6) is 0 Å². The van der Waals surface area contributed by atoms with Crippen molar-refractivity contribution in [1.29, 1.82) is 0 Å². The Morgan fingerprint density at radius 3 is 2.26 bits per heavy atom. The second-order valence-corrected chi connectivity index (χ2v) is 10.4. The summed E-state index contributed by atoms with van der Waals surface area (Å²) in [5.41, 5.74) is 3.88. The van der Waals surface area contributed by atoms with E-state index in [1.165, 1.54) is 16.7 Å². The number of thioether (sulfide) groups is 1. The standard InChI is InChI=1S/C26H28N2O5S/c1-2-22-28(21(14-34-22)23(29)30)24(31)26(11-12-26)15-27-25(32)33-13-20-18-9-5-3-7-16(18)17-8-4-6-10-19(17)20/h3-10,20-22H,2,11-15H2,1H3,(H,27,32)(H,29,30). The lowest BCUT2D eigenvalue weighted by Gasteiger charge is -2.30. The van der Waals surface area contributed by atoms with Crippen molar-refractivity contribution < 1.29 is 24.2 Å². The largest absolute Gasteiger partial charge is 0.480 e. The van der Waals surface area contributed by atoms with Gasteiger partial charge in [0.05, 0.1) is 10.8 Å². The summed E-state index contributed by atoms with van der Waals surface area (Å²) >= 11 is 1.51. The van der Waals surface area contributed by atoms with Gasteiger partial charge in [-0.05, 0) is 41.5 Å². The molecule has 1 heterocycles. The fraction of sp³-hybridized carbons (Fsp3) is 0.423. The Hall–Kier alpha value is -3.00. The molecule has 0 spiro atoms. The Kier molecular flexibility index (Phi) is 6.02. The van der Waals surface area contributed by atoms with Crippen LogP contribution in [0.4, 0.5) is 4.79 Å². The fourth-order valence-corrected chi connectivity index (χ4v) is 6.47. The molecule has 1 saturated carbocycles. The van der Waals surface area contributed by atoms with Gasteiger partial charge in [-0.1, -0.05) is 55.5 Å². The average molecular weight is 481 g/mol. The minimum absolute atomic E-state index is 0.0297. The predicted octanol–water partition coefficient (Wildman–Crippen LogP) is 4.07. The van der Waals surface area contributed by atoms with E-state index in [9.17, 15) is 19.5 Å². The highest BCUT2D eigenvalue weighted by Gasteiger charge is 2.56. The number of hydrogen-bond donors (Lipinski definition) is 2. The highest BCUT2D eigenvalue weighted by Crippen LogP contribution is 2.49. The van der Waals surface area contributed by atoms with Gasteiger partial charge in [0.25, 0.3) is 0 Å². The van der Waals surface area contributed by atoms with Crippen LogP contribution in [-0.2, 0) is 14.3 Å². The van der Waals surface area contributed by atoms with Crippen LogP contribution < -0.4 is 5.32 Å². The van der Waals surface area contributed by atoms with Crippen LogP contribution in [0.2, 0.25) is 0 Å². The van der Waals surface area contributed by atoms with Crippen LogP contribution in [0.15, 0.2) is 48.5 Å². The van der Waals surface area contributed by atoms with E-state index in [0.29, 0.717) is 25.0 Å². The topological polar surface area (TPSA) is 95.9 Å². The molecular formula is C26H28N2O5S. The normalized spacial score (nSPS) is 22.1. The van der Waals surface area contributed by atoms with E-state index in [4.69, 9.17) is 4.74 Å². The van der Waals surface area contributed by atoms with Gasteiger partial charge in [-0.2, -0.15) is 0 Å². The van der Waals surface area contributed by atoms with Crippen molar-refractivity contribution in [3.8, 4) is 11.1 Å². The third kappa shape index (κ3) is 3.94. The van der Waals surface area contributed by atoms with Crippen LogP contribution in [0.3, 0.4) is 0 Å². The quantitative estimate of drug-likeness (QED) is 0.620. The lowest BCUT2D eigenvalue weighted by atomic mass is 9.98. The van der Waals surface area contributed by atoms with Crippen molar-refractivity contribution in [3.63, 3.8) is 0 Å². The van der Waals surface area contributed by atoms with E-state index >= 15 is 0 Å². The summed E-state index contributed by atoms with van der Waals surface area (Å²) in [6.07, 6.45) is 1.41. The number of amides is 2. The Morgan fingerprint density at radius 1 is 1.09 bits per heavy atom. The van der Waals surface area contributed by atoms with Gasteiger partial charge in [0.15, 0.2) is 0 Å². The molecule has 1 aliphatic heterocycles. The molecule has 2 atom stereocenters. The summed E-state index contributed by atoms with van der Waals surface area (Å²) in [6.45, 7) is 2.33. The first-order chi connectivity index (χ1) is 16.4. The van der Waals surface area contributed by atoms with Gasteiger partial charge in [0, 0.05) is 18.2 Å². The molecule has 7 nitrogen and oxygen atoms in total. The highest BCUT2D eigenvalue weighted by molar-refractivity contribution is 8.00. The van der Waals surface area contributed by atoms with Gasteiger partial charge in [-0.25, -0.2) is 9.59 Å². The summed E-state index contributed by atoms with van der Waals surface area (Å²) < 4.78 is 5.60. The monoisotopic (exact) mass is 480 g/mol. The van der Waals surface area contributed by atoms with Crippen LogP contribution >= 0.6 is 11.8 Å². The molecule has 2 aromatic carbocycles. The Labute approximate surface area is 202 Å². The first kappa shape index (κ1) is 22.8. The van der Waals surface area contributed by atoms with Crippen LogP contribution in [-0.4, -0.2) is 58.3 Å². The van der Waals surface area contributed by atoms with E-state index < -0.39 is 23.5 Å². The number of alkyl carbamates (subject to hydrolysis) is 1. The predicted molar refractivity (Wildman–Crippen MR) is 130 cm³/mol. The molecule has 3 aliphatic rings. The zero-order chi connectivity index (χ0) is 23.9. The number of carbonyl (C=O) groups excluding carboxylic acids is 2. The molecular weight excluding hydrogens is 452 g/mol. The zero-order valence-electron chi connectivity index (χ0n) is 19.0. The molecule has 2 amide bonds. The lowest BCUT2D eigenvalue weighted by Crippen LogP contribution is -2.51. The molecule has 0 aromatic heterocycles. The van der Waals surface area contributed by atoms with E-state index in [2.05, 4.69) is 29.6 Å². The number of nitrogens with one attached hydrogen (secondary N) is 1. The van der Waals surface area contributed by atoms with E-state index in [1.807, 2.05) is 31.2 Å². The maximum atomic E-state index is 13.3. The first-order valence-corrected chi connectivity index (χ1v) is 12.8. The summed E-state index contributed by atoms with van der Waals surface area (Å²) in [5, 5.41) is 12.2. The molecule has 1 saturated heterocycles. The molecule has 0 bridgehead atoms. The van der Waals surface area contributed by atoms with Gasteiger partial charge in [0.2, 0.25) is 5.91 Å². The molecule has 34 heavy (non-hydrogen) atoms. The summed E-state index contributed by atoms with van der Waals surface area (Å²) in [5.74, 6) is -0.777. The number of nitrogens with zero attached hydrogens (tertiary/aromatic N) is 1. The molecule has 8 heteroatoms. The minimum atomic E-state index is -0.975. The van der Waals surface area contributed by atoms with Gasteiger partial charge in [-0.15, -0.1) is 11.8 Å². The third-order valence-corrected chi connectivity index (χ3v) is 8.64. The molecule has 5 rings (SSSR count). The van der Waals surface area contributed by atoms with Crippen LogP contribution in [0.1, 0.15) is 43.2 Å². The molecule has 2 aromatic rings. The van der Waals surface area contributed by atoms with E-state index in [0.717, 1.165) is 22.3 Å². The SMILES string of the molecule is CCC1SCC(C(=O)O)N1C(=O)C1(CNC(=O)OCC2c3ccccc3-c3ccccc32)CC1. The van der Waals surface area contributed by atoms with Crippen molar-refractivity contribution in [2.24, 2.45) is 5.41 Å². The molecule has 2 N–H and O–H groups in total. The van der Waals surface area contributed by atoms with E-state index in [-0.39, 0.29) is 30.4 Å². The van der Waals surface area contributed by atoms with Crippen LogP contribution in [0.25, 0.3) is 11.1 Å². The zero-order valence-corrected chi connectivity index (χ0v) is 19.8. The third-order valence-electron chi connectivity index (χ3n) is 7.18. The number of carboxylic acids is 1. The minimum Gasteiger partial charge on any atom is -0.480 e. The number of carboxylic acid groups (broad SMARTS) is 1. The summed E-state index contributed by atoms with van der Waals surface area (Å²) in [6, 6.07) is 15.5. The Morgan fingerprint density at radius 2 is 1.71 bits per heavy atom. The summed E-state index contributed by atoms with van der Waals surface area (Å²) in [7, 11) is 0. The Bertz CT molecular complexity index is 1090. The Balaban J connectivity index is 1.21. The van der Waals surface area contributed by atoms with Crippen LogP contribution in [0, 0.1) is 5.41 Å². The van der Waals surface area contributed by atoms with Crippen molar-refractivity contribution in [3.05, 3.63) is 59.7 Å². The second kappa shape index (κ2) is 8.98. The van der Waals surface area contributed by atoms with Crippen molar-refractivity contribution in [1.82, 2.24) is 10.2 Å². The maximum absolute atomic E-state index is 13.3. The number of hydrogen-bond acceptors (Lipinski definition) is 5. The molecule has 2 fully saturated rings. The maximum Gasteiger partial charge on any atom is 0.407 e. The number of rotatable bonds is 7. The highest BCUT2D eigenvalue weighted by atomic mass is 32.2. The molecule has 0 radical (unpaired) electrons. The molecule has 2 aliphatic carbocycles. The van der Waals surface area contributed by atoms with Gasteiger partial charge in [-0.3, -0.25) is 4.79 Å². The van der Waals surface area contributed by atoms with Crippen molar-refractivity contribution >= 4 is 29.7 Å². The number of aliphatic carboxylic acids is 1. The van der Waals surface area contributed by atoms with Gasteiger partial charge < -0.3 is 20.1 Å². The fourth-order valence-electron chi connectivity index (χ4n) is 5.12. The average Bonchev–Trinajstić information content (AvgIpc) is 3.41. The van der Waals surface area contributed by atoms with E-state index in [1.54, 1.807) is 0 Å². The number of ether oxygens (including phenoxy) is 1. The number of fused-ring (bicyclic) bond motifs is 3.